The van der Waals surface area contributed by atoms with Crippen LogP contribution in [0.25, 0.3) is 21.5 Å². The van der Waals surface area contributed by atoms with E-state index in [1.807, 2.05) is 37.3 Å². The summed E-state index contributed by atoms with van der Waals surface area (Å²) >= 11 is 0. The fourth-order valence-electron chi connectivity index (χ4n) is 4.26. The van der Waals surface area contributed by atoms with Gasteiger partial charge in [0.2, 0.25) is 0 Å². The molecule has 0 saturated heterocycles. The van der Waals surface area contributed by atoms with E-state index in [4.69, 9.17) is 0 Å². The van der Waals surface area contributed by atoms with Crippen LogP contribution in [0.5, 0.6) is 0 Å². The summed E-state index contributed by atoms with van der Waals surface area (Å²) in [5, 5.41) is 4.68. The van der Waals surface area contributed by atoms with Crippen LogP contribution in [-0.4, -0.2) is 14.5 Å². The first-order valence-corrected chi connectivity index (χ1v) is 10.5. The normalized spacial score (nSPS) is 16.8. The summed E-state index contributed by atoms with van der Waals surface area (Å²) in [7, 11) is -3.59. The summed E-state index contributed by atoms with van der Waals surface area (Å²) in [5.74, 6) is 0. The van der Waals surface area contributed by atoms with Gasteiger partial charge in [0, 0.05) is 6.04 Å². The van der Waals surface area contributed by atoms with Gasteiger partial charge in [0.05, 0.1) is 10.6 Å². The van der Waals surface area contributed by atoms with Crippen LogP contribution in [-0.2, 0) is 16.4 Å². The predicted molar refractivity (Wildman–Crippen MR) is 111 cm³/mol. The Bertz CT molecular complexity index is 1280. The van der Waals surface area contributed by atoms with Gasteiger partial charge < -0.3 is 0 Å². The minimum atomic E-state index is -3.59. The Hall–Kier alpha value is -2.85. The van der Waals surface area contributed by atoms with Crippen molar-refractivity contribution < 1.29 is 8.42 Å². The van der Waals surface area contributed by atoms with Crippen LogP contribution >= 0.6 is 0 Å². The van der Waals surface area contributed by atoms with Gasteiger partial charge in [-0.05, 0) is 58.7 Å². The molecule has 0 aliphatic carbocycles. The third-order valence-electron chi connectivity index (χ3n) is 5.43. The Morgan fingerprint density at radius 2 is 1.48 bits per heavy atom. The maximum Gasteiger partial charge on any atom is 0.264 e. The van der Waals surface area contributed by atoms with E-state index in [0.29, 0.717) is 11.3 Å². The Morgan fingerprint density at radius 1 is 0.815 bits per heavy atom. The monoisotopic (exact) mass is 373 g/mol. The first-order chi connectivity index (χ1) is 13.1. The number of hydrogen-bond donors (Lipinski definition) is 0. The third-order valence-corrected chi connectivity index (χ3v) is 7.37. The van der Waals surface area contributed by atoms with Crippen molar-refractivity contribution >= 4 is 37.3 Å². The highest BCUT2D eigenvalue weighted by Crippen LogP contribution is 2.42. The number of rotatable bonds is 2. The number of anilines is 1. The van der Waals surface area contributed by atoms with E-state index in [1.54, 1.807) is 28.6 Å². The number of nitrogens with zero attached hydrogens (tertiary/aromatic N) is 1. The zero-order chi connectivity index (χ0) is 18.6. The highest BCUT2D eigenvalue weighted by Gasteiger charge is 2.37. The Morgan fingerprint density at radius 3 is 2.30 bits per heavy atom. The average Bonchev–Trinajstić information content (AvgIpc) is 3.05. The van der Waals surface area contributed by atoms with Gasteiger partial charge in [-0.3, -0.25) is 4.31 Å². The second-order valence-corrected chi connectivity index (χ2v) is 8.93. The lowest BCUT2D eigenvalue weighted by Gasteiger charge is -2.24. The SMILES string of the molecule is CC1Cc2c(ccc3ccc4ccccc4c23)N1S(=O)(=O)c1ccccc1. The van der Waals surface area contributed by atoms with Gasteiger partial charge >= 0.3 is 0 Å². The van der Waals surface area contributed by atoms with Crippen molar-refractivity contribution in [3.8, 4) is 0 Å². The number of hydrogen-bond acceptors (Lipinski definition) is 2. The first-order valence-electron chi connectivity index (χ1n) is 9.10. The van der Waals surface area contributed by atoms with Crippen LogP contribution in [0.4, 0.5) is 5.69 Å². The van der Waals surface area contributed by atoms with Crippen molar-refractivity contribution in [3.05, 3.63) is 84.4 Å². The molecule has 1 aliphatic rings. The highest BCUT2D eigenvalue weighted by atomic mass is 32.2. The molecule has 4 aromatic carbocycles. The average molecular weight is 373 g/mol. The van der Waals surface area contributed by atoms with Crippen molar-refractivity contribution in [1.29, 1.82) is 0 Å². The number of fused-ring (bicyclic) bond motifs is 5. The van der Waals surface area contributed by atoms with E-state index in [0.717, 1.165) is 16.6 Å². The largest absolute Gasteiger partial charge is 0.264 e. The molecule has 1 aliphatic heterocycles. The molecule has 0 radical (unpaired) electrons. The van der Waals surface area contributed by atoms with E-state index in [9.17, 15) is 8.42 Å². The van der Waals surface area contributed by atoms with Gasteiger partial charge in [-0.15, -0.1) is 0 Å². The van der Waals surface area contributed by atoms with Crippen LogP contribution in [0.3, 0.4) is 0 Å². The molecule has 0 saturated carbocycles. The van der Waals surface area contributed by atoms with E-state index < -0.39 is 10.0 Å². The highest BCUT2D eigenvalue weighted by molar-refractivity contribution is 7.92. The molecule has 0 fully saturated rings. The molecule has 5 rings (SSSR count). The van der Waals surface area contributed by atoms with Crippen molar-refractivity contribution in [2.45, 2.75) is 24.3 Å². The topological polar surface area (TPSA) is 37.4 Å². The summed E-state index contributed by atoms with van der Waals surface area (Å²) in [5.41, 5.74) is 1.92. The molecular formula is C23H19NO2S. The molecule has 27 heavy (non-hydrogen) atoms. The molecule has 134 valence electrons. The van der Waals surface area contributed by atoms with E-state index in [2.05, 4.69) is 24.3 Å². The summed E-state index contributed by atoms with van der Waals surface area (Å²) in [6.45, 7) is 1.98. The fraction of sp³-hybridized carbons (Fsp3) is 0.130. The maximum atomic E-state index is 13.3. The quantitative estimate of drug-likeness (QED) is 0.457. The molecule has 0 spiro atoms. The zero-order valence-corrected chi connectivity index (χ0v) is 15.8. The molecule has 1 unspecified atom stereocenters. The molecule has 1 heterocycles. The molecular weight excluding hydrogens is 354 g/mol. The molecule has 0 aromatic heterocycles. The fourth-order valence-corrected chi connectivity index (χ4v) is 5.97. The molecule has 0 bridgehead atoms. The zero-order valence-electron chi connectivity index (χ0n) is 15.0. The molecule has 4 heteroatoms. The summed E-state index contributed by atoms with van der Waals surface area (Å²) in [6.07, 6.45) is 0.715. The molecule has 1 atom stereocenters. The van der Waals surface area contributed by atoms with Gasteiger partial charge in [0.25, 0.3) is 10.0 Å². The molecule has 0 amide bonds. The molecule has 0 N–H and O–H groups in total. The van der Waals surface area contributed by atoms with Gasteiger partial charge in [0.15, 0.2) is 0 Å². The minimum absolute atomic E-state index is 0.116. The summed E-state index contributed by atoms with van der Waals surface area (Å²) in [6, 6.07) is 25.1. The van der Waals surface area contributed by atoms with E-state index in [-0.39, 0.29) is 6.04 Å². The third kappa shape index (κ3) is 2.37. The predicted octanol–water partition coefficient (Wildman–Crippen LogP) is 5.13. The molecule has 4 aromatic rings. The Labute approximate surface area is 158 Å². The first kappa shape index (κ1) is 16.3. The second kappa shape index (κ2) is 5.83. The Balaban J connectivity index is 1.79. The van der Waals surface area contributed by atoms with Gasteiger partial charge in [-0.2, -0.15) is 0 Å². The van der Waals surface area contributed by atoms with Crippen LogP contribution < -0.4 is 4.31 Å². The lowest BCUT2D eigenvalue weighted by molar-refractivity contribution is 0.584. The second-order valence-electron chi connectivity index (χ2n) is 7.12. The van der Waals surface area contributed by atoms with Crippen molar-refractivity contribution in [1.82, 2.24) is 0 Å². The van der Waals surface area contributed by atoms with Gasteiger partial charge in [-0.1, -0.05) is 60.7 Å². The van der Waals surface area contributed by atoms with Gasteiger partial charge in [-0.25, -0.2) is 8.42 Å². The minimum Gasteiger partial charge on any atom is -0.263 e. The van der Waals surface area contributed by atoms with Crippen LogP contribution in [0.2, 0.25) is 0 Å². The van der Waals surface area contributed by atoms with Crippen molar-refractivity contribution in [2.75, 3.05) is 4.31 Å². The lowest BCUT2D eigenvalue weighted by Crippen LogP contribution is -2.35. The van der Waals surface area contributed by atoms with Crippen molar-refractivity contribution in [3.63, 3.8) is 0 Å². The lowest BCUT2D eigenvalue weighted by atomic mass is 9.96. The van der Waals surface area contributed by atoms with Crippen molar-refractivity contribution in [2.24, 2.45) is 0 Å². The van der Waals surface area contributed by atoms with Crippen LogP contribution in [0.1, 0.15) is 12.5 Å². The summed E-state index contributed by atoms with van der Waals surface area (Å²) in [4.78, 5) is 0.336. The Kier molecular flexibility index (Phi) is 3.52. The van der Waals surface area contributed by atoms with Crippen LogP contribution in [0.15, 0.2) is 83.8 Å². The van der Waals surface area contributed by atoms with E-state index in [1.165, 1.54) is 16.2 Å². The molecule has 3 nitrogen and oxygen atoms in total. The maximum absolute atomic E-state index is 13.3. The standard InChI is InChI=1S/C23H19NO2S/c1-16-15-21-22(24(16)27(25,26)19-8-3-2-4-9-19)14-13-18-12-11-17-7-5-6-10-20(17)23(18)21/h2-14,16H,15H2,1H3. The van der Waals surface area contributed by atoms with Gasteiger partial charge in [0.1, 0.15) is 0 Å². The smallest absolute Gasteiger partial charge is 0.263 e. The number of sulfonamides is 1. The number of benzene rings is 4. The van der Waals surface area contributed by atoms with E-state index >= 15 is 0 Å². The van der Waals surface area contributed by atoms with Crippen LogP contribution in [0, 0.1) is 0 Å². The summed E-state index contributed by atoms with van der Waals surface area (Å²) < 4.78 is 28.3.